The third-order valence-electron chi connectivity index (χ3n) is 2.08. The summed E-state index contributed by atoms with van der Waals surface area (Å²) < 4.78 is 4.89. The van der Waals surface area contributed by atoms with E-state index in [0.29, 0.717) is 0 Å². The molecule has 0 radical (unpaired) electrons. The maximum absolute atomic E-state index is 11.5. The van der Waals surface area contributed by atoms with Crippen LogP contribution in [0.1, 0.15) is 27.2 Å². The average Bonchev–Trinajstić information content (AvgIpc) is 2.19. The summed E-state index contributed by atoms with van der Waals surface area (Å²) in [5.41, 5.74) is -0.801. The fourth-order valence-electron chi connectivity index (χ4n) is 1.33. The second-order valence-corrected chi connectivity index (χ2v) is 4.93. The largest absolute Gasteiger partial charge is 0.481 e. The Balaban J connectivity index is 4.91. The summed E-state index contributed by atoms with van der Waals surface area (Å²) in [7, 11) is 0. The van der Waals surface area contributed by atoms with Crippen LogP contribution in [0.15, 0.2) is 12.7 Å². The molecule has 0 unspecified atom stereocenters. The van der Waals surface area contributed by atoms with Crippen molar-refractivity contribution in [2.24, 2.45) is 5.92 Å². The molecule has 0 aliphatic rings. The molecule has 0 heterocycles. The van der Waals surface area contributed by atoms with Gasteiger partial charge in [-0.05, 0) is 27.2 Å². The normalized spacial score (nSPS) is 14.1. The smallest absolute Gasteiger partial charge is 0.408 e. The standard InChI is InChI=1S/C12H19NO6/c1-5-6-7(9(14)15)8(10(16)17)13-11(18)19-12(2,3)4/h5,7-8H,1,6H2,2-4H3,(H,13,18)(H,14,15)(H,16,17)/t7-,8-/m1/s1. The van der Waals surface area contributed by atoms with E-state index >= 15 is 0 Å². The predicted molar refractivity (Wildman–Crippen MR) is 66.7 cm³/mol. The number of carbonyl (C=O) groups is 3. The van der Waals surface area contributed by atoms with Crippen molar-refractivity contribution in [3.8, 4) is 0 Å². The van der Waals surface area contributed by atoms with Crippen LogP contribution in [0.5, 0.6) is 0 Å². The van der Waals surface area contributed by atoms with E-state index in [2.05, 4.69) is 6.58 Å². The lowest BCUT2D eigenvalue weighted by Crippen LogP contribution is -2.49. The summed E-state index contributed by atoms with van der Waals surface area (Å²) in [5.74, 6) is -4.08. The van der Waals surface area contributed by atoms with Gasteiger partial charge in [0.05, 0.1) is 5.92 Å². The van der Waals surface area contributed by atoms with Crippen LogP contribution in [-0.2, 0) is 14.3 Å². The fourth-order valence-corrected chi connectivity index (χ4v) is 1.33. The number of ether oxygens (including phenoxy) is 1. The second kappa shape index (κ2) is 6.77. The van der Waals surface area contributed by atoms with E-state index in [0.717, 1.165) is 0 Å². The number of carboxylic acids is 2. The minimum Gasteiger partial charge on any atom is -0.481 e. The summed E-state index contributed by atoms with van der Waals surface area (Å²) in [4.78, 5) is 33.5. The number of allylic oxidation sites excluding steroid dienone is 1. The highest BCUT2D eigenvalue weighted by molar-refractivity contribution is 5.86. The minimum absolute atomic E-state index is 0.0813. The zero-order chi connectivity index (χ0) is 15.2. The number of aliphatic carboxylic acids is 2. The van der Waals surface area contributed by atoms with Gasteiger partial charge >= 0.3 is 18.0 Å². The highest BCUT2D eigenvalue weighted by atomic mass is 16.6. The van der Waals surface area contributed by atoms with Gasteiger partial charge in [0.15, 0.2) is 0 Å². The molecule has 0 aliphatic carbocycles. The van der Waals surface area contributed by atoms with Gasteiger partial charge in [-0.25, -0.2) is 9.59 Å². The van der Waals surface area contributed by atoms with Gasteiger partial charge in [0.1, 0.15) is 11.6 Å². The molecule has 7 heteroatoms. The minimum atomic E-state index is -1.58. The molecule has 2 atom stereocenters. The first-order valence-corrected chi connectivity index (χ1v) is 5.64. The predicted octanol–water partition coefficient (Wildman–Crippen LogP) is 1.24. The van der Waals surface area contributed by atoms with E-state index in [1.54, 1.807) is 20.8 Å². The van der Waals surface area contributed by atoms with Crippen molar-refractivity contribution in [3.05, 3.63) is 12.7 Å². The third-order valence-corrected chi connectivity index (χ3v) is 2.08. The Morgan fingerprint density at radius 3 is 2.11 bits per heavy atom. The number of hydrogen-bond donors (Lipinski definition) is 3. The number of carbonyl (C=O) groups excluding carboxylic acids is 1. The summed E-state index contributed by atoms with van der Waals surface area (Å²) in [5, 5.41) is 20.0. The Morgan fingerprint density at radius 1 is 1.26 bits per heavy atom. The van der Waals surface area contributed by atoms with Crippen molar-refractivity contribution in [1.29, 1.82) is 0 Å². The molecule has 0 rings (SSSR count). The Kier molecular flexibility index (Phi) is 6.04. The van der Waals surface area contributed by atoms with Gasteiger partial charge in [0.2, 0.25) is 0 Å². The number of amides is 1. The van der Waals surface area contributed by atoms with Crippen LogP contribution in [0, 0.1) is 5.92 Å². The summed E-state index contributed by atoms with van der Waals surface area (Å²) in [6.07, 6.45) is 0.225. The molecular weight excluding hydrogens is 254 g/mol. The quantitative estimate of drug-likeness (QED) is 0.627. The highest BCUT2D eigenvalue weighted by Gasteiger charge is 2.35. The molecule has 0 aromatic rings. The monoisotopic (exact) mass is 273 g/mol. The van der Waals surface area contributed by atoms with Crippen LogP contribution in [0.25, 0.3) is 0 Å². The first-order chi connectivity index (χ1) is 8.58. The number of rotatable bonds is 6. The lowest BCUT2D eigenvalue weighted by molar-refractivity contribution is -0.150. The number of hydrogen-bond acceptors (Lipinski definition) is 4. The van der Waals surface area contributed by atoms with Crippen LogP contribution in [-0.4, -0.2) is 39.9 Å². The van der Waals surface area contributed by atoms with Crippen LogP contribution >= 0.6 is 0 Å². The maximum atomic E-state index is 11.5. The van der Waals surface area contributed by atoms with Gasteiger partial charge < -0.3 is 20.3 Å². The van der Waals surface area contributed by atoms with Crippen molar-refractivity contribution < 1.29 is 29.3 Å². The molecule has 1 amide bonds. The van der Waals surface area contributed by atoms with Crippen molar-refractivity contribution in [3.63, 3.8) is 0 Å². The lowest BCUT2D eigenvalue weighted by Gasteiger charge is -2.24. The molecule has 0 aromatic carbocycles. The molecule has 0 saturated heterocycles. The van der Waals surface area contributed by atoms with Crippen molar-refractivity contribution in [1.82, 2.24) is 5.32 Å². The molecule has 3 N–H and O–H groups in total. The molecule has 108 valence electrons. The first kappa shape index (κ1) is 16.9. The van der Waals surface area contributed by atoms with E-state index in [-0.39, 0.29) is 6.42 Å². The van der Waals surface area contributed by atoms with Crippen LogP contribution < -0.4 is 5.32 Å². The fraction of sp³-hybridized carbons (Fsp3) is 0.583. The summed E-state index contributed by atoms with van der Waals surface area (Å²) in [6, 6.07) is -1.58. The van der Waals surface area contributed by atoms with Gasteiger partial charge in [-0.1, -0.05) is 6.08 Å². The molecule has 19 heavy (non-hydrogen) atoms. The average molecular weight is 273 g/mol. The zero-order valence-electron chi connectivity index (χ0n) is 11.2. The van der Waals surface area contributed by atoms with E-state index in [4.69, 9.17) is 14.9 Å². The first-order valence-electron chi connectivity index (χ1n) is 5.64. The third kappa shape index (κ3) is 6.44. The van der Waals surface area contributed by atoms with E-state index in [1.807, 2.05) is 5.32 Å². The van der Waals surface area contributed by atoms with Crippen LogP contribution in [0.4, 0.5) is 4.79 Å². The van der Waals surface area contributed by atoms with Gasteiger partial charge in [-0.2, -0.15) is 0 Å². The molecule has 7 nitrogen and oxygen atoms in total. The maximum Gasteiger partial charge on any atom is 0.408 e. The van der Waals surface area contributed by atoms with Crippen molar-refractivity contribution in [2.75, 3.05) is 0 Å². The molecule has 0 aliphatic heterocycles. The molecular formula is C12H19NO6. The molecule has 0 spiro atoms. The zero-order valence-corrected chi connectivity index (χ0v) is 11.2. The molecule has 0 fully saturated rings. The lowest BCUT2D eigenvalue weighted by atomic mass is 9.96. The Hall–Kier alpha value is -2.05. The van der Waals surface area contributed by atoms with Gasteiger partial charge in [-0.3, -0.25) is 4.79 Å². The van der Waals surface area contributed by atoms with Gasteiger partial charge in [-0.15, -0.1) is 6.58 Å². The molecule has 0 saturated carbocycles. The highest BCUT2D eigenvalue weighted by Crippen LogP contribution is 2.13. The number of alkyl carbamates (subject to hydrolysis) is 1. The van der Waals surface area contributed by atoms with Gasteiger partial charge in [0, 0.05) is 0 Å². The molecule has 0 aromatic heterocycles. The topological polar surface area (TPSA) is 113 Å². The number of carboxylic acid groups (broad SMARTS) is 2. The van der Waals surface area contributed by atoms with Crippen LogP contribution in [0.3, 0.4) is 0 Å². The van der Waals surface area contributed by atoms with Crippen LogP contribution in [0.2, 0.25) is 0 Å². The van der Waals surface area contributed by atoms with E-state index in [9.17, 15) is 14.4 Å². The van der Waals surface area contributed by atoms with E-state index in [1.165, 1.54) is 6.08 Å². The SMILES string of the molecule is C=CC[C@@H](C(=O)O)[C@@H](NC(=O)OC(C)(C)C)C(=O)O. The molecule has 0 bridgehead atoms. The second-order valence-electron chi connectivity index (χ2n) is 4.93. The van der Waals surface area contributed by atoms with Crippen molar-refractivity contribution in [2.45, 2.75) is 38.8 Å². The van der Waals surface area contributed by atoms with E-state index < -0.39 is 35.6 Å². The Morgan fingerprint density at radius 2 is 1.79 bits per heavy atom. The van der Waals surface area contributed by atoms with Gasteiger partial charge in [0.25, 0.3) is 0 Å². The Bertz CT molecular complexity index is 371. The number of nitrogens with one attached hydrogen (secondary N) is 1. The Labute approximate surface area is 111 Å². The summed E-state index contributed by atoms with van der Waals surface area (Å²) >= 11 is 0. The summed E-state index contributed by atoms with van der Waals surface area (Å²) in [6.45, 7) is 8.20. The van der Waals surface area contributed by atoms with Crippen molar-refractivity contribution >= 4 is 18.0 Å².